The Balaban J connectivity index is 1.36. The van der Waals surface area contributed by atoms with Crippen molar-refractivity contribution in [3.05, 3.63) is 88.0 Å². The highest BCUT2D eigenvalue weighted by atomic mass is 19.1. The third-order valence-electron chi connectivity index (χ3n) is 6.88. The number of hydrogen-bond donors (Lipinski definition) is 1. The van der Waals surface area contributed by atoms with Gasteiger partial charge in [0.15, 0.2) is 11.6 Å². The number of benzene rings is 2. The van der Waals surface area contributed by atoms with Gasteiger partial charge in [-0.2, -0.15) is 0 Å². The second kappa shape index (κ2) is 11.3. The fourth-order valence-electron chi connectivity index (χ4n) is 4.85. The minimum Gasteiger partial charge on any atom is -0.494 e. The monoisotopic (exact) mass is 533 g/mol. The van der Waals surface area contributed by atoms with Crippen LogP contribution in [0.4, 0.5) is 4.39 Å². The lowest BCUT2D eigenvalue weighted by atomic mass is 9.97. The number of aryl methyl sites for hydroxylation is 1. The van der Waals surface area contributed by atoms with Crippen LogP contribution in [0.2, 0.25) is 0 Å². The number of carbonyl (C=O) groups excluding carboxylic acids is 1. The first-order chi connectivity index (χ1) is 18.9. The molecule has 0 spiro atoms. The van der Waals surface area contributed by atoms with Crippen LogP contribution in [-0.4, -0.2) is 63.2 Å². The highest BCUT2D eigenvalue weighted by molar-refractivity contribution is 5.92. The van der Waals surface area contributed by atoms with Crippen LogP contribution in [0.5, 0.6) is 5.75 Å². The molecule has 3 heterocycles. The van der Waals surface area contributed by atoms with Gasteiger partial charge in [0.1, 0.15) is 18.1 Å². The van der Waals surface area contributed by atoms with E-state index in [0.29, 0.717) is 23.8 Å². The number of likely N-dealkylation sites (N-methyl/N-ethyl adjacent to an activating group) is 1. The second-order valence-corrected chi connectivity index (χ2v) is 9.76. The van der Waals surface area contributed by atoms with Crippen LogP contribution in [0.15, 0.2) is 42.7 Å². The van der Waals surface area contributed by atoms with Crippen molar-refractivity contribution in [2.24, 2.45) is 0 Å². The van der Waals surface area contributed by atoms with Gasteiger partial charge in [-0.05, 0) is 49.2 Å². The number of nitrogens with zero attached hydrogens (tertiary/aromatic N) is 6. The molecule has 0 radical (unpaired) electrons. The van der Waals surface area contributed by atoms with Crippen LogP contribution >= 0.6 is 0 Å². The fourth-order valence-corrected chi connectivity index (χ4v) is 4.85. The standard InChI is InChI=1S/C28H32FN7O3/c1-18-13-36(33-32-18)24-7-8-25(39-4)27(29)22(24)12-30-28(37)23-16-35(26(31-23)17-38-3)14-19-5-6-20-9-10-34(2)15-21(20)11-19/h5-8,11,13,16H,9-10,12,14-15,17H2,1-4H3,(H,30,37). The molecule has 0 unspecified atom stereocenters. The van der Waals surface area contributed by atoms with Crippen LogP contribution in [-0.2, 0) is 37.4 Å². The maximum atomic E-state index is 15.3. The molecule has 1 aliphatic rings. The first-order valence-corrected chi connectivity index (χ1v) is 12.7. The summed E-state index contributed by atoms with van der Waals surface area (Å²) in [6.45, 7) is 4.48. The van der Waals surface area contributed by atoms with Crippen LogP contribution in [0.3, 0.4) is 0 Å². The lowest BCUT2D eigenvalue weighted by Crippen LogP contribution is -2.26. The van der Waals surface area contributed by atoms with Crippen molar-refractivity contribution in [2.45, 2.75) is 39.6 Å². The SMILES string of the molecule is COCc1nc(C(=O)NCc2c(-n3cc(C)nn3)ccc(OC)c2F)cn1Cc1ccc2c(c1)CN(C)CC2. The average molecular weight is 534 g/mol. The minimum absolute atomic E-state index is 0.0720. The maximum absolute atomic E-state index is 15.3. The third kappa shape index (κ3) is 5.69. The van der Waals surface area contributed by atoms with Crippen molar-refractivity contribution >= 4 is 5.91 Å². The van der Waals surface area contributed by atoms with E-state index in [-0.39, 0.29) is 30.2 Å². The molecule has 2 aromatic heterocycles. The number of imidazole rings is 1. The first kappa shape index (κ1) is 26.5. The molecule has 1 aliphatic heterocycles. The Morgan fingerprint density at radius 1 is 1.15 bits per heavy atom. The molecule has 0 atom stereocenters. The average Bonchev–Trinajstić information content (AvgIpc) is 3.53. The third-order valence-corrected chi connectivity index (χ3v) is 6.88. The molecule has 10 nitrogen and oxygen atoms in total. The van der Waals surface area contributed by atoms with Gasteiger partial charge in [0.25, 0.3) is 5.91 Å². The predicted octanol–water partition coefficient (Wildman–Crippen LogP) is 3.03. The number of amides is 1. The summed E-state index contributed by atoms with van der Waals surface area (Å²) < 4.78 is 29.1. The Kier molecular flexibility index (Phi) is 7.71. The smallest absolute Gasteiger partial charge is 0.271 e. The lowest BCUT2D eigenvalue weighted by Gasteiger charge is -2.25. The van der Waals surface area contributed by atoms with Gasteiger partial charge in [-0.25, -0.2) is 14.1 Å². The van der Waals surface area contributed by atoms with E-state index in [9.17, 15) is 4.79 Å². The number of nitrogens with one attached hydrogen (secondary N) is 1. The number of aromatic nitrogens is 5. The van der Waals surface area contributed by atoms with Crippen molar-refractivity contribution < 1.29 is 18.7 Å². The van der Waals surface area contributed by atoms with E-state index in [1.54, 1.807) is 32.5 Å². The quantitative estimate of drug-likeness (QED) is 0.353. The normalized spacial score (nSPS) is 13.4. The van der Waals surface area contributed by atoms with E-state index in [4.69, 9.17) is 9.47 Å². The Morgan fingerprint density at radius 3 is 2.74 bits per heavy atom. The number of carbonyl (C=O) groups is 1. The summed E-state index contributed by atoms with van der Waals surface area (Å²) in [6.07, 6.45) is 4.44. The summed E-state index contributed by atoms with van der Waals surface area (Å²) >= 11 is 0. The molecule has 11 heteroatoms. The van der Waals surface area contributed by atoms with E-state index in [1.807, 2.05) is 4.57 Å². The molecular weight excluding hydrogens is 501 g/mol. The van der Waals surface area contributed by atoms with Crippen LogP contribution in [0.1, 0.15) is 44.3 Å². The zero-order valence-electron chi connectivity index (χ0n) is 22.6. The van der Waals surface area contributed by atoms with E-state index in [0.717, 1.165) is 25.1 Å². The summed E-state index contributed by atoms with van der Waals surface area (Å²) in [5.41, 5.74) is 5.42. The molecule has 0 bridgehead atoms. The molecule has 0 fully saturated rings. The number of halogens is 1. The van der Waals surface area contributed by atoms with E-state index in [1.165, 1.54) is 29.0 Å². The van der Waals surface area contributed by atoms with Gasteiger partial charge in [-0.3, -0.25) is 4.79 Å². The summed E-state index contributed by atoms with van der Waals surface area (Å²) in [4.78, 5) is 20.0. The molecular formula is C28H32FN7O3. The zero-order valence-corrected chi connectivity index (χ0v) is 22.6. The molecule has 1 N–H and O–H groups in total. The molecule has 1 amide bonds. The van der Waals surface area contributed by atoms with Crippen LogP contribution < -0.4 is 10.1 Å². The van der Waals surface area contributed by atoms with Crippen molar-refractivity contribution in [3.8, 4) is 11.4 Å². The Bertz CT molecular complexity index is 1500. The van der Waals surface area contributed by atoms with Crippen molar-refractivity contribution in [2.75, 3.05) is 27.8 Å². The molecule has 0 saturated carbocycles. The van der Waals surface area contributed by atoms with E-state index < -0.39 is 11.7 Å². The van der Waals surface area contributed by atoms with Gasteiger partial charge >= 0.3 is 0 Å². The zero-order chi connectivity index (χ0) is 27.5. The lowest BCUT2D eigenvalue weighted by molar-refractivity contribution is 0.0945. The van der Waals surface area contributed by atoms with Crippen LogP contribution in [0, 0.1) is 12.7 Å². The predicted molar refractivity (Wildman–Crippen MR) is 142 cm³/mol. The summed E-state index contributed by atoms with van der Waals surface area (Å²) in [5, 5.41) is 10.8. The van der Waals surface area contributed by atoms with Gasteiger partial charge < -0.3 is 24.3 Å². The van der Waals surface area contributed by atoms with Gasteiger partial charge in [0, 0.05) is 45.0 Å². The maximum Gasteiger partial charge on any atom is 0.271 e. The van der Waals surface area contributed by atoms with Gasteiger partial charge in [-0.15, -0.1) is 5.10 Å². The summed E-state index contributed by atoms with van der Waals surface area (Å²) in [7, 11) is 5.11. The Morgan fingerprint density at radius 2 is 2.00 bits per heavy atom. The number of hydrogen-bond acceptors (Lipinski definition) is 7. The van der Waals surface area contributed by atoms with Gasteiger partial charge in [0.05, 0.1) is 24.7 Å². The van der Waals surface area contributed by atoms with Crippen LogP contribution in [0.25, 0.3) is 5.69 Å². The highest BCUT2D eigenvalue weighted by Gasteiger charge is 2.20. The Hall–Kier alpha value is -4.09. The minimum atomic E-state index is -0.577. The summed E-state index contributed by atoms with van der Waals surface area (Å²) in [5.74, 6) is -0.306. The number of ether oxygens (including phenoxy) is 2. The largest absolute Gasteiger partial charge is 0.494 e. The van der Waals surface area contributed by atoms with E-state index >= 15 is 4.39 Å². The topological polar surface area (TPSA) is 99.3 Å². The highest BCUT2D eigenvalue weighted by Crippen LogP contribution is 2.26. The van der Waals surface area contributed by atoms with Crippen molar-refractivity contribution in [1.29, 1.82) is 0 Å². The van der Waals surface area contributed by atoms with Gasteiger partial charge in [-0.1, -0.05) is 23.4 Å². The molecule has 39 heavy (non-hydrogen) atoms. The second-order valence-electron chi connectivity index (χ2n) is 9.76. The number of rotatable bonds is 9. The first-order valence-electron chi connectivity index (χ1n) is 12.7. The molecule has 0 saturated heterocycles. The molecule has 0 aliphatic carbocycles. The van der Waals surface area contributed by atoms with Crippen molar-refractivity contribution in [3.63, 3.8) is 0 Å². The van der Waals surface area contributed by atoms with Crippen molar-refractivity contribution in [1.82, 2.24) is 34.8 Å². The molecule has 4 aromatic rings. The Labute approximate surface area is 226 Å². The number of methoxy groups -OCH3 is 2. The van der Waals surface area contributed by atoms with E-state index in [2.05, 4.69) is 50.8 Å². The van der Waals surface area contributed by atoms with Gasteiger partial charge in [0.2, 0.25) is 0 Å². The summed E-state index contributed by atoms with van der Waals surface area (Å²) in [6, 6.07) is 9.73. The molecule has 2 aromatic carbocycles. The number of fused-ring (bicyclic) bond motifs is 1. The molecule has 204 valence electrons. The fraction of sp³-hybridized carbons (Fsp3) is 0.357. The molecule has 5 rings (SSSR count).